The molecule has 6 heteroatoms. The van der Waals surface area contributed by atoms with Crippen molar-refractivity contribution in [2.24, 2.45) is 5.92 Å². The Hall–Kier alpha value is -2.47. The average molecular weight is 375 g/mol. The highest BCUT2D eigenvalue weighted by Crippen LogP contribution is 2.46. The van der Waals surface area contributed by atoms with E-state index in [1.54, 1.807) is 12.5 Å². The fourth-order valence-corrected chi connectivity index (χ4v) is 3.90. The van der Waals surface area contributed by atoms with Gasteiger partial charge in [0.2, 0.25) is 0 Å². The number of hydrogen-bond donors (Lipinski definition) is 1. The minimum absolute atomic E-state index is 0.143. The van der Waals surface area contributed by atoms with Crippen molar-refractivity contribution in [3.8, 4) is 11.1 Å². The highest BCUT2D eigenvalue weighted by molar-refractivity contribution is 5.69. The number of piperidine rings is 1. The highest BCUT2D eigenvalue weighted by atomic mass is 19.4. The largest absolute Gasteiger partial charge is 0.452 e. The molecule has 0 atom stereocenters. The van der Waals surface area contributed by atoms with Crippen molar-refractivity contribution >= 4 is 0 Å². The molecule has 2 aliphatic heterocycles. The summed E-state index contributed by atoms with van der Waals surface area (Å²) in [4.78, 5) is 0. The lowest BCUT2D eigenvalue weighted by molar-refractivity contribution is -0.196. The Morgan fingerprint density at radius 2 is 1.52 bits per heavy atom. The van der Waals surface area contributed by atoms with Crippen LogP contribution in [-0.4, -0.2) is 13.1 Å². The Labute approximate surface area is 155 Å². The maximum absolute atomic E-state index is 12.9. The van der Waals surface area contributed by atoms with E-state index < -0.39 is 17.5 Å². The van der Waals surface area contributed by atoms with E-state index in [-0.39, 0.29) is 5.92 Å². The third kappa shape index (κ3) is 3.30. The van der Waals surface area contributed by atoms with Crippen LogP contribution >= 0.6 is 0 Å². The molecule has 0 amide bonds. The van der Waals surface area contributed by atoms with Gasteiger partial charge in [0.15, 0.2) is 0 Å². The molecule has 2 heterocycles. The first-order valence-corrected chi connectivity index (χ1v) is 8.99. The van der Waals surface area contributed by atoms with Crippen molar-refractivity contribution in [1.82, 2.24) is 5.32 Å². The Morgan fingerprint density at radius 3 is 2.15 bits per heavy atom. The number of hydrogen-bond acceptors (Lipinski definition) is 3. The molecule has 142 valence electrons. The molecule has 27 heavy (non-hydrogen) atoms. The molecule has 2 aliphatic rings. The average Bonchev–Trinajstić information content (AvgIpc) is 3.19. The molecule has 0 radical (unpaired) electrons. The quantitative estimate of drug-likeness (QED) is 0.815. The molecule has 0 aliphatic carbocycles. The van der Waals surface area contributed by atoms with Gasteiger partial charge in [0.25, 0.3) is 5.79 Å². The number of alkyl halides is 3. The van der Waals surface area contributed by atoms with Gasteiger partial charge in [0.1, 0.15) is 12.5 Å². The van der Waals surface area contributed by atoms with Crippen LogP contribution in [0.1, 0.15) is 24.0 Å². The molecule has 0 bridgehead atoms. The van der Waals surface area contributed by atoms with Crippen molar-refractivity contribution in [2.75, 3.05) is 13.1 Å². The maximum Gasteiger partial charge on any atom is 0.416 e. The Bertz CT molecular complexity index is 816. The van der Waals surface area contributed by atoms with E-state index in [1.807, 2.05) is 24.3 Å². The summed E-state index contributed by atoms with van der Waals surface area (Å²) < 4.78 is 50.7. The minimum Gasteiger partial charge on any atom is -0.452 e. The first-order chi connectivity index (χ1) is 13.0. The topological polar surface area (TPSA) is 30.5 Å². The van der Waals surface area contributed by atoms with Crippen molar-refractivity contribution in [3.63, 3.8) is 0 Å². The van der Waals surface area contributed by atoms with Crippen LogP contribution in [0, 0.1) is 5.92 Å². The second-order valence-corrected chi connectivity index (χ2v) is 6.82. The second kappa shape index (κ2) is 6.93. The van der Waals surface area contributed by atoms with Gasteiger partial charge in [-0.3, -0.25) is 0 Å². The third-order valence-corrected chi connectivity index (χ3v) is 5.24. The van der Waals surface area contributed by atoms with Crippen molar-refractivity contribution < 1.29 is 22.6 Å². The van der Waals surface area contributed by atoms with Gasteiger partial charge in [-0.1, -0.05) is 36.4 Å². The van der Waals surface area contributed by atoms with E-state index in [0.29, 0.717) is 5.56 Å². The monoisotopic (exact) mass is 375 g/mol. The van der Waals surface area contributed by atoms with Gasteiger partial charge in [-0.2, -0.15) is 13.2 Å². The van der Waals surface area contributed by atoms with Crippen LogP contribution in [0.3, 0.4) is 0 Å². The van der Waals surface area contributed by atoms with Crippen LogP contribution in [0.2, 0.25) is 0 Å². The van der Waals surface area contributed by atoms with Gasteiger partial charge in [-0.15, -0.1) is 0 Å². The SMILES string of the molecule is FC(F)(F)c1ccc(-c2ccccc2C2(C3CCNCC3)OC=CO2)cc1. The lowest BCUT2D eigenvalue weighted by atomic mass is 9.81. The van der Waals surface area contributed by atoms with Crippen molar-refractivity contribution in [3.05, 3.63) is 72.2 Å². The molecule has 4 rings (SSSR count). The second-order valence-electron chi connectivity index (χ2n) is 6.82. The molecule has 2 aromatic carbocycles. The van der Waals surface area contributed by atoms with Crippen LogP contribution < -0.4 is 5.32 Å². The van der Waals surface area contributed by atoms with Crippen molar-refractivity contribution in [2.45, 2.75) is 24.8 Å². The first-order valence-electron chi connectivity index (χ1n) is 8.99. The van der Waals surface area contributed by atoms with E-state index in [1.165, 1.54) is 12.1 Å². The molecular formula is C21H20F3NO2. The summed E-state index contributed by atoms with van der Waals surface area (Å²) in [7, 11) is 0. The summed E-state index contributed by atoms with van der Waals surface area (Å²) in [6, 6.07) is 12.8. The van der Waals surface area contributed by atoms with E-state index >= 15 is 0 Å². The molecule has 0 saturated carbocycles. The van der Waals surface area contributed by atoms with Gasteiger partial charge in [0.05, 0.1) is 5.56 Å². The van der Waals surface area contributed by atoms with Crippen LogP contribution in [-0.2, 0) is 21.4 Å². The highest BCUT2D eigenvalue weighted by Gasteiger charge is 2.47. The zero-order valence-corrected chi connectivity index (χ0v) is 14.6. The van der Waals surface area contributed by atoms with Gasteiger partial charge < -0.3 is 14.8 Å². The van der Waals surface area contributed by atoms with E-state index in [2.05, 4.69) is 5.32 Å². The lowest BCUT2D eigenvalue weighted by Crippen LogP contribution is -2.43. The molecule has 0 aromatic heterocycles. The fourth-order valence-electron chi connectivity index (χ4n) is 3.90. The van der Waals surface area contributed by atoms with E-state index in [9.17, 15) is 13.2 Å². The van der Waals surface area contributed by atoms with Crippen LogP contribution in [0.15, 0.2) is 61.1 Å². The first kappa shape index (κ1) is 17.9. The smallest absolute Gasteiger partial charge is 0.416 e. The number of ether oxygens (including phenoxy) is 2. The summed E-state index contributed by atoms with van der Waals surface area (Å²) in [5.41, 5.74) is 1.69. The van der Waals surface area contributed by atoms with Crippen molar-refractivity contribution in [1.29, 1.82) is 0 Å². The number of halogens is 3. The summed E-state index contributed by atoms with van der Waals surface area (Å²) in [5.74, 6) is -0.800. The number of rotatable bonds is 3. The Morgan fingerprint density at radius 1 is 0.889 bits per heavy atom. The molecule has 2 aromatic rings. The van der Waals surface area contributed by atoms with Gasteiger partial charge in [-0.25, -0.2) is 0 Å². The van der Waals surface area contributed by atoms with E-state index in [4.69, 9.17) is 9.47 Å². The standard InChI is InChI=1S/C21H20F3NO2/c22-21(23,24)17-7-5-15(6-8-17)18-3-1-2-4-19(18)20(26-13-14-27-20)16-9-11-25-12-10-16/h1-8,13-14,16,25H,9-12H2. The molecule has 1 saturated heterocycles. The summed E-state index contributed by atoms with van der Waals surface area (Å²) in [6.45, 7) is 1.75. The molecule has 1 N–H and O–H groups in total. The number of nitrogens with one attached hydrogen (secondary N) is 1. The zero-order valence-electron chi connectivity index (χ0n) is 14.6. The summed E-state index contributed by atoms with van der Waals surface area (Å²) in [5, 5.41) is 3.34. The summed E-state index contributed by atoms with van der Waals surface area (Å²) in [6.07, 6.45) is 0.527. The Balaban J connectivity index is 1.76. The molecular weight excluding hydrogens is 355 g/mol. The van der Waals surface area contributed by atoms with Crippen LogP contribution in [0.5, 0.6) is 0 Å². The Kier molecular flexibility index (Phi) is 4.60. The zero-order chi connectivity index (χ0) is 18.9. The van der Waals surface area contributed by atoms with Gasteiger partial charge >= 0.3 is 6.18 Å². The third-order valence-electron chi connectivity index (χ3n) is 5.24. The maximum atomic E-state index is 12.9. The van der Waals surface area contributed by atoms with E-state index in [0.717, 1.165) is 49.2 Å². The van der Waals surface area contributed by atoms with Crippen LogP contribution in [0.25, 0.3) is 11.1 Å². The molecule has 3 nitrogen and oxygen atoms in total. The molecule has 0 spiro atoms. The molecule has 1 fully saturated rings. The van der Waals surface area contributed by atoms with Crippen LogP contribution in [0.4, 0.5) is 13.2 Å². The minimum atomic E-state index is -4.35. The predicted octanol–water partition coefficient (Wildman–Crippen LogP) is 5.04. The summed E-state index contributed by atoms with van der Waals surface area (Å²) >= 11 is 0. The lowest BCUT2D eigenvalue weighted by Gasteiger charge is -2.39. The van der Waals surface area contributed by atoms with Gasteiger partial charge in [0, 0.05) is 11.5 Å². The fraction of sp³-hybridized carbons (Fsp3) is 0.333. The predicted molar refractivity (Wildman–Crippen MR) is 95.5 cm³/mol. The normalized spacial score (nSPS) is 19.5. The van der Waals surface area contributed by atoms with Gasteiger partial charge in [-0.05, 0) is 49.2 Å². The number of benzene rings is 2. The molecule has 0 unspecified atom stereocenters.